The quantitative estimate of drug-likeness (QED) is 0.837. The van der Waals surface area contributed by atoms with E-state index in [1.165, 1.54) is 30.0 Å². The highest BCUT2D eigenvalue weighted by molar-refractivity contribution is 5.86. The Bertz CT molecular complexity index is 887. The van der Waals surface area contributed by atoms with E-state index >= 15 is 0 Å². The topological polar surface area (TPSA) is 74.8 Å². The number of alkyl halides is 3. The van der Waals surface area contributed by atoms with E-state index in [1.54, 1.807) is 20.8 Å². The SMILES string of the molecule is Cc1[nH]c2ccc(OC(F)(F)F)cc2c1CCN1C(=O)OC(C)(C)[C@@]1(C)O. The standard InChI is InChI=1S/C18H21F3N2O4/c1-10-12(7-8-23-15(24)27-16(2,3)17(23,4)25)13-9-11(26-18(19,20)21)5-6-14(13)22-10/h5-6,9,22,25H,7-8H2,1-4H3/t17-/m1/s1. The lowest BCUT2D eigenvalue weighted by Crippen LogP contribution is -2.54. The largest absolute Gasteiger partial charge is 0.573 e. The third-order valence-electron chi connectivity index (χ3n) is 5.14. The summed E-state index contributed by atoms with van der Waals surface area (Å²) in [5.41, 5.74) is -0.415. The molecule has 0 spiro atoms. The zero-order valence-electron chi connectivity index (χ0n) is 15.4. The average Bonchev–Trinajstić information content (AvgIpc) is 2.87. The van der Waals surface area contributed by atoms with Crippen molar-refractivity contribution in [2.24, 2.45) is 0 Å². The number of fused-ring (bicyclic) bond motifs is 1. The van der Waals surface area contributed by atoms with E-state index in [0.29, 0.717) is 17.3 Å². The molecule has 0 unspecified atom stereocenters. The minimum absolute atomic E-state index is 0.146. The van der Waals surface area contributed by atoms with Gasteiger partial charge in [0.15, 0.2) is 11.3 Å². The van der Waals surface area contributed by atoms with Crippen molar-refractivity contribution in [2.75, 3.05) is 6.54 Å². The Labute approximate surface area is 153 Å². The summed E-state index contributed by atoms with van der Waals surface area (Å²) in [4.78, 5) is 16.4. The minimum atomic E-state index is -4.78. The summed E-state index contributed by atoms with van der Waals surface area (Å²) >= 11 is 0. The Kier molecular flexibility index (Phi) is 4.33. The lowest BCUT2D eigenvalue weighted by Gasteiger charge is -2.34. The predicted octanol–water partition coefficient (Wildman–Crippen LogP) is 3.86. The second-order valence-corrected chi connectivity index (χ2v) is 7.28. The molecular weight excluding hydrogens is 365 g/mol. The van der Waals surface area contributed by atoms with E-state index in [2.05, 4.69) is 9.72 Å². The monoisotopic (exact) mass is 386 g/mol. The van der Waals surface area contributed by atoms with Crippen LogP contribution in [-0.4, -0.2) is 45.3 Å². The molecule has 27 heavy (non-hydrogen) atoms. The summed E-state index contributed by atoms with van der Waals surface area (Å²) in [6, 6.07) is 4.06. The summed E-state index contributed by atoms with van der Waals surface area (Å²) in [6.07, 6.45) is -5.09. The van der Waals surface area contributed by atoms with Crippen LogP contribution in [0.25, 0.3) is 10.9 Å². The molecule has 1 aromatic carbocycles. The number of ether oxygens (including phenoxy) is 2. The number of aromatic nitrogens is 1. The van der Waals surface area contributed by atoms with Gasteiger partial charge in [-0.1, -0.05) is 0 Å². The summed E-state index contributed by atoms with van der Waals surface area (Å²) in [6.45, 7) is 6.66. The molecule has 2 N–H and O–H groups in total. The number of carbonyl (C=O) groups excluding carboxylic acids is 1. The maximum atomic E-state index is 12.5. The van der Waals surface area contributed by atoms with Crippen LogP contribution < -0.4 is 4.74 Å². The van der Waals surface area contributed by atoms with Crippen LogP contribution >= 0.6 is 0 Å². The molecule has 3 rings (SSSR count). The molecule has 2 aromatic rings. The van der Waals surface area contributed by atoms with Gasteiger partial charge in [0.2, 0.25) is 0 Å². The highest BCUT2D eigenvalue weighted by Crippen LogP contribution is 2.37. The van der Waals surface area contributed by atoms with Gasteiger partial charge in [-0.2, -0.15) is 0 Å². The van der Waals surface area contributed by atoms with Crippen molar-refractivity contribution in [3.63, 3.8) is 0 Å². The normalized spacial score (nSPS) is 22.4. The summed E-state index contributed by atoms with van der Waals surface area (Å²) in [5.74, 6) is -0.316. The molecule has 6 nitrogen and oxygen atoms in total. The van der Waals surface area contributed by atoms with Crippen LogP contribution in [0.2, 0.25) is 0 Å². The molecule has 2 heterocycles. The number of halogens is 3. The molecular formula is C18H21F3N2O4. The first-order valence-electron chi connectivity index (χ1n) is 8.42. The number of rotatable bonds is 4. The molecule has 148 valence electrons. The summed E-state index contributed by atoms with van der Waals surface area (Å²) in [5, 5.41) is 11.2. The smallest absolute Gasteiger partial charge is 0.438 e. The first-order valence-corrected chi connectivity index (χ1v) is 8.42. The molecule has 1 fully saturated rings. The van der Waals surface area contributed by atoms with Crippen LogP contribution in [-0.2, 0) is 11.2 Å². The number of carbonyl (C=O) groups is 1. The predicted molar refractivity (Wildman–Crippen MR) is 91.3 cm³/mol. The van der Waals surface area contributed by atoms with Crippen molar-refractivity contribution in [2.45, 2.75) is 51.8 Å². The Balaban J connectivity index is 1.88. The lowest BCUT2D eigenvalue weighted by molar-refractivity contribution is -0.274. The number of nitrogens with zero attached hydrogens (tertiary/aromatic N) is 1. The minimum Gasteiger partial charge on any atom is -0.438 e. The number of hydrogen-bond acceptors (Lipinski definition) is 4. The number of aryl methyl sites for hydroxylation is 1. The maximum Gasteiger partial charge on any atom is 0.573 e. The number of cyclic esters (lactones) is 1. The Hall–Kier alpha value is -2.42. The molecule has 1 aromatic heterocycles. The van der Waals surface area contributed by atoms with E-state index in [-0.39, 0.29) is 12.3 Å². The van der Waals surface area contributed by atoms with Crippen LogP contribution in [0.1, 0.15) is 32.0 Å². The number of nitrogens with one attached hydrogen (secondary N) is 1. The lowest BCUT2D eigenvalue weighted by atomic mass is 9.95. The molecule has 1 aliphatic heterocycles. The van der Waals surface area contributed by atoms with Crippen LogP contribution in [0, 0.1) is 6.92 Å². The highest BCUT2D eigenvalue weighted by Gasteiger charge is 2.56. The third kappa shape index (κ3) is 3.43. The number of H-pyrrole nitrogens is 1. The maximum absolute atomic E-state index is 12.5. The van der Waals surface area contributed by atoms with Gasteiger partial charge in [-0.05, 0) is 57.9 Å². The molecule has 0 radical (unpaired) electrons. The van der Waals surface area contributed by atoms with Gasteiger partial charge in [-0.15, -0.1) is 13.2 Å². The Morgan fingerprint density at radius 2 is 1.96 bits per heavy atom. The molecule has 0 aliphatic carbocycles. The van der Waals surface area contributed by atoms with Gasteiger partial charge in [0.1, 0.15) is 5.75 Å². The van der Waals surface area contributed by atoms with E-state index < -0.39 is 23.8 Å². The molecule has 1 saturated heterocycles. The van der Waals surface area contributed by atoms with Gasteiger partial charge in [-0.3, -0.25) is 4.90 Å². The first kappa shape index (κ1) is 19.3. The number of benzene rings is 1. The number of aromatic amines is 1. The van der Waals surface area contributed by atoms with Gasteiger partial charge in [0, 0.05) is 23.1 Å². The number of hydrogen-bond donors (Lipinski definition) is 2. The van der Waals surface area contributed by atoms with Crippen molar-refractivity contribution < 1.29 is 32.5 Å². The van der Waals surface area contributed by atoms with Crippen LogP contribution in [0.3, 0.4) is 0 Å². The van der Waals surface area contributed by atoms with Crippen LogP contribution in [0.5, 0.6) is 5.75 Å². The average molecular weight is 386 g/mol. The van der Waals surface area contributed by atoms with Crippen LogP contribution in [0.15, 0.2) is 18.2 Å². The van der Waals surface area contributed by atoms with Crippen molar-refractivity contribution in [3.05, 3.63) is 29.5 Å². The van der Waals surface area contributed by atoms with Crippen LogP contribution in [0.4, 0.5) is 18.0 Å². The van der Waals surface area contributed by atoms with Crippen molar-refractivity contribution in [1.29, 1.82) is 0 Å². The van der Waals surface area contributed by atoms with E-state index in [1.807, 2.05) is 0 Å². The zero-order valence-corrected chi connectivity index (χ0v) is 15.4. The molecule has 9 heteroatoms. The zero-order chi connectivity index (χ0) is 20.2. The fraction of sp³-hybridized carbons (Fsp3) is 0.500. The van der Waals surface area contributed by atoms with Gasteiger partial charge < -0.3 is 19.6 Å². The van der Waals surface area contributed by atoms with E-state index in [4.69, 9.17) is 4.74 Å². The number of aliphatic hydroxyl groups is 1. The summed E-state index contributed by atoms with van der Waals surface area (Å²) < 4.78 is 46.7. The molecule has 1 aliphatic rings. The number of amides is 1. The molecule has 0 saturated carbocycles. The fourth-order valence-corrected chi connectivity index (χ4v) is 3.29. The van der Waals surface area contributed by atoms with E-state index in [9.17, 15) is 23.1 Å². The van der Waals surface area contributed by atoms with Gasteiger partial charge in [0.25, 0.3) is 0 Å². The van der Waals surface area contributed by atoms with Crippen molar-refractivity contribution >= 4 is 17.0 Å². The molecule has 1 amide bonds. The Morgan fingerprint density at radius 3 is 2.52 bits per heavy atom. The van der Waals surface area contributed by atoms with Crippen molar-refractivity contribution in [1.82, 2.24) is 9.88 Å². The fourth-order valence-electron chi connectivity index (χ4n) is 3.29. The Morgan fingerprint density at radius 1 is 1.30 bits per heavy atom. The van der Waals surface area contributed by atoms with E-state index in [0.717, 1.165) is 11.3 Å². The van der Waals surface area contributed by atoms with Gasteiger partial charge >= 0.3 is 12.5 Å². The first-order chi connectivity index (χ1) is 12.3. The molecule has 0 bridgehead atoms. The highest BCUT2D eigenvalue weighted by atomic mass is 19.4. The third-order valence-corrected chi connectivity index (χ3v) is 5.14. The van der Waals surface area contributed by atoms with Crippen molar-refractivity contribution in [3.8, 4) is 5.75 Å². The molecule has 1 atom stereocenters. The second-order valence-electron chi connectivity index (χ2n) is 7.28. The second kappa shape index (κ2) is 6.05. The van der Waals surface area contributed by atoms with Gasteiger partial charge in [0.05, 0.1) is 0 Å². The summed E-state index contributed by atoms with van der Waals surface area (Å²) in [7, 11) is 0. The van der Waals surface area contributed by atoms with Gasteiger partial charge in [-0.25, -0.2) is 4.79 Å².